The summed E-state index contributed by atoms with van der Waals surface area (Å²) < 4.78 is 5.11. The molecule has 3 nitrogen and oxygen atoms in total. The highest BCUT2D eigenvalue weighted by Gasteiger charge is 2.06. The number of halogens is 1. The van der Waals surface area contributed by atoms with Crippen LogP contribution < -0.4 is 10.2 Å². The summed E-state index contributed by atoms with van der Waals surface area (Å²) in [5.41, 5.74) is 0.490. The van der Waals surface area contributed by atoms with E-state index in [1.165, 1.54) is 6.20 Å². The van der Waals surface area contributed by atoms with Crippen LogP contribution in [0.25, 0.3) is 10.9 Å². The molecule has 1 aromatic carbocycles. The van der Waals surface area contributed by atoms with Crippen LogP contribution in [0.1, 0.15) is 0 Å². The van der Waals surface area contributed by atoms with E-state index < -0.39 is 0 Å². The van der Waals surface area contributed by atoms with Crippen LogP contribution in [-0.4, -0.2) is 12.1 Å². The first kappa shape index (κ1) is 9.09. The Bertz CT molecular complexity index is 533. The minimum atomic E-state index is -0.181. The second-order valence-corrected chi connectivity index (χ2v) is 3.26. The van der Waals surface area contributed by atoms with Crippen molar-refractivity contribution in [2.75, 3.05) is 7.11 Å². The summed E-state index contributed by atoms with van der Waals surface area (Å²) in [6, 6.07) is 5.25. The molecule has 0 aliphatic heterocycles. The van der Waals surface area contributed by atoms with Gasteiger partial charge in [0, 0.05) is 6.20 Å². The molecule has 4 heteroatoms. The third kappa shape index (κ3) is 1.26. The van der Waals surface area contributed by atoms with Gasteiger partial charge in [-0.15, -0.1) is 0 Å². The number of hydrogen-bond donors (Lipinski definition) is 1. The third-order valence-corrected chi connectivity index (χ3v) is 2.33. The van der Waals surface area contributed by atoms with Crippen molar-refractivity contribution >= 4 is 22.5 Å². The van der Waals surface area contributed by atoms with Crippen molar-refractivity contribution in [3.8, 4) is 5.75 Å². The Balaban J connectivity index is 2.93. The van der Waals surface area contributed by atoms with E-state index in [4.69, 9.17) is 16.3 Å². The van der Waals surface area contributed by atoms with Crippen molar-refractivity contribution in [2.24, 2.45) is 0 Å². The van der Waals surface area contributed by atoms with E-state index in [1.54, 1.807) is 25.3 Å². The average Bonchev–Trinajstić information content (AvgIpc) is 2.23. The number of para-hydroxylation sites is 1. The van der Waals surface area contributed by atoms with Crippen molar-refractivity contribution in [1.82, 2.24) is 4.98 Å². The lowest BCUT2D eigenvalue weighted by Gasteiger charge is -2.04. The molecule has 1 N–H and O–H groups in total. The summed E-state index contributed by atoms with van der Waals surface area (Å²) >= 11 is 5.70. The van der Waals surface area contributed by atoms with Crippen LogP contribution in [-0.2, 0) is 0 Å². The van der Waals surface area contributed by atoms with Gasteiger partial charge in [-0.05, 0) is 12.1 Å². The first-order chi connectivity index (χ1) is 6.74. The lowest BCUT2D eigenvalue weighted by atomic mass is 10.2. The number of H-pyrrole nitrogens is 1. The highest BCUT2D eigenvalue weighted by Crippen LogP contribution is 2.21. The van der Waals surface area contributed by atoms with Gasteiger partial charge in [-0.1, -0.05) is 17.7 Å². The highest BCUT2D eigenvalue weighted by atomic mass is 35.5. The lowest BCUT2D eigenvalue weighted by Crippen LogP contribution is -2.03. The molecule has 0 radical (unpaired) electrons. The highest BCUT2D eigenvalue weighted by molar-refractivity contribution is 6.31. The topological polar surface area (TPSA) is 42.1 Å². The molecular weight excluding hydrogens is 202 g/mol. The fourth-order valence-electron chi connectivity index (χ4n) is 1.37. The van der Waals surface area contributed by atoms with E-state index in [9.17, 15) is 4.79 Å². The monoisotopic (exact) mass is 209 g/mol. The largest absolute Gasteiger partial charge is 0.495 e. The molecule has 0 bridgehead atoms. The zero-order valence-corrected chi connectivity index (χ0v) is 8.26. The fourth-order valence-corrected chi connectivity index (χ4v) is 1.53. The molecule has 72 valence electrons. The molecular formula is C10H8ClNO2. The fraction of sp³-hybridized carbons (Fsp3) is 0.100. The van der Waals surface area contributed by atoms with Crippen LogP contribution >= 0.6 is 11.6 Å². The van der Waals surface area contributed by atoms with Crippen LogP contribution in [0.2, 0.25) is 5.02 Å². The van der Waals surface area contributed by atoms with Gasteiger partial charge >= 0.3 is 0 Å². The molecule has 0 spiro atoms. The predicted molar refractivity (Wildman–Crippen MR) is 56.1 cm³/mol. The van der Waals surface area contributed by atoms with Crippen LogP contribution in [0.5, 0.6) is 5.75 Å². The van der Waals surface area contributed by atoms with Crippen molar-refractivity contribution in [3.05, 3.63) is 39.6 Å². The molecule has 0 atom stereocenters. The molecule has 0 aliphatic carbocycles. The Hall–Kier alpha value is -1.48. The van der Waals surface area contributed by atoms with Gasteiger partial charge < -0.3 is 9.72 Å². The minimum absolute atomic E-state index is 0.181. The van der Waals surface area contributed by atoms with Crippen LogP contribution in [0.3, 0.4) is 0 Å². The van der Waals surface area contributed by atoms with Gasteiger partial charge in [0.1, 0.15) is 10.8 Å². The molecule has 0 aliphatic rings. The number of aromatic amines is 1. The van der Waals surface area contributed by atoms with Crippen molar-refractivity contribution in [2.45, 2.75) is 0 Å². The molecule has 0 fully saturated rings. The molecule has 1 aromatic heterocycles. The number of fused-ring (bicyclic) bond motifs is 1. The maximum atomic E-state index is 11.6. The number of nitrogens with one attached hydrogen (secondary N) is 1. The normalized spacial score (nSPS) is 10.4. The number of benzene rings is 1. The molecule has 0 amide bonds. The zero-order chi connectivity index (χ0) is 10.1. The Morgan fingerprint density at radius 2 is 2.21 bits per heavy atom. The SMILES string of the molecule is COc1cccc2c(=O)c(Cl)c[nH]c12. The maximum Gasteiger partial charge on any atom is 0.208 e. The molecule has 2 aromatic rings. The van der Waals surface area contributed by atoms with E-state index in [-0.39, 0.29) is 10.5 Å². The number of hydrogen-bond acceptors (Lipinski definition) is 2. The molecule has 0 unspecified atom stereocenters. The first-order valence-electron chi connectivity index (χ1n) is 4.08. The summed E-state index contributed by atoms with van der Waals surface area (Å²) in [6.45, 7) is 0. The Morgan fingerprint density at radius 1 is 1.43 bits per heavy atom. The third-order valence-electron chi connectivity index (χ3n) is 2.05. The van der Waals surface area contributed by atoms with E-state index in [2.05, 4.69) is 4.98 Å². The van der Waals surface area contributed by atoms with Gasteiger partial charge in [0.25, 0.3) is 0 Å². The second kappa shape index (κ2) is 3.35. The number of methoxy groups -OCH3 is 1. The average molecular weight is 210 g/mol. The molecule has 2 rings (SSSR count). The van der Waals surface area contributed by atoms with E-state index >= 15 is 0 Å². The molecule has 14 heavy (non-hydrogen) atoms. The number of ether oxygens (including phenoxy) is 1. The van der Waals surface area contributed by atoms with E-state index in [1.807, 2.05) is 0 Å². The first-order valence-corrected chi connectivity index (χ1v) is 4.45. The summed E-state index contributed by atoms with van der Waals surface area (Å²) in [7, 11) is 1.56. The zero-order valence-electron chi connectivity index (χ0n) is 7.50. The van der Waals surface area contributed by atoms with Gasteiger partial charge in [-0.3, -0.25) is 4.79 Å². The lowest BCUT2D eigenvalue weighted by molar-refractivity contribution is 0.419. The van der Waals surface area contributed by atoms with E-state index in [0.29, 0.717) is 16.7 Å². The summed E-state index contributed by atoms with van der Waals surface area (Å²) in [5.74, 6) is 0.635. The minimum Gasteiger partial charge on any atom is -0.495 e. The van der Waals surface area contributed by atoms with Crippen LogP contribution in [0.15, 0.2) is 29.2 Å². The van der Waals surface area contributed by atoms with Gasteiger partial charge in [-0.2, -0.15) is 0 Å². The Labute approximate surface area is 85.3 Å². The Morgan fingerprint density at radius 3 is 2.93 bits per heavy atom. The van der Waals surface area contributed by atoms with Gasteiger partial charge in [-0.25, -0.2) is 0 Å². The number of pyridine rings is 1. The summed E-state index contributed by atoms with van der Waals surface area (Å²) in [5, 5.41) is 0.725. The summed E-state index contributed by atoms with van der Waals surface area (Å²) in [4.78, 5) is 14.5. The summed E-state index contributed by atoms with van der Waals surface area (Å²) in [6.07, 6.45) is 1.47. The standard InChI is InChI=1S/C10H8ClNO2/c1-14-8-4-2-3-6-9(8)12-5-7(11)10(6)13/h2-5H,1H3,(H,12,13). The quantitative estimate of drug-likeness (QED) is 0.782. The van der Waals surface area contributed by atoms with Gasteiger partial charge in [0.05, 0.1) is 18.0 Å². The van der Waals surface area contributed by atoms with Crippen molar-refractivity contribution in [3.63, 3.8) is 0 Å². The number of aromatic nitrogens is 1. The molecule has 0 saturated heterocycles. The van der Waals surface area contributed by atoms with Crippen molar-refractivity contribution in [1.29, 1.82) is 0 Å². The van der Waals surface area contributed by atoms with Crippen molar-refractivity contribution < 1.29 is 4.74 Å². The predicted octanol–water partition coefficient (Wildman–Crippen LogP) is 2.19. The molecule has 1 heterocycles. The van der Waals surface area contributed by atoms with Crippen LogP contribution in [0.4, 0.5) is 0 Å². The molecule has 0 saturated carbocycles. The number of rotatable bonds is 1. The van der Waals surface area contributed by atoms with E-state index in [0.717, 1.165) is 0 Å². The van der Waals surface area contributed by atoms with Gasteiger partial charge in [0.2, 0.25) is 5.43 Å². The maximum absolute atomic E-state index is 11.6. The second-order valence-electron chi connectivity index (χ2n) is 2.85. The van der Waals surface area contributed by atoms with Gasteiger partial charge in [0.15, 0.2) is 0 Å². The smallest absolute Gasteiger partial charge is 0.208 e. The van der Waals surface area contributed by atoms with Crippen LogP contribution in [0, 0.1) is 0 Å². The Kier molecular flexibility index (Phi) is 2.17.